The first-order valence-corrected chi connectivity index (χ1v) is 12.3. The van der Waals surface area contributed by atoms with Crippen molar-refractivity contribution >= 4 is 31.4 Å². The summed E-state index contributed by atoms with van der Waals surface area (Å²) in [6.45, 7) is 2.38. The number of rotatable bonds is 9. The molecule has 0 aromatic heterocycles. The summed E-state index contributed by atoms with van der Waals surface area (Å²) < 4.78 is 60.0. The maximum atomic E-state index is 12.6. The summed E-state index contributed by atoms with van der Waals surface area (Å²) in [6, 6.07) is 20.9. The molecule has 0 heterocycles. The van der Waals surface area contributed by atoms with Crippen LogP contribution >= 0.6 is 0 Å². The van der Waals surface area contributed by atoms with E-state index in [9.17, 15) is 16.8 Å². The maximum Gasteiger partial charge on any atom is 0.261 e. The largest absolute Gasteiger partial charge is 0.494 e. The Labute approximate surface area is 176 Å². The summed E-state index contributed by atoms with van der Waals surface area (Å²) in [5, 5.41) is 0. The van der Waals surface area contributed by atoms with Crippen LogP contribution in [-0.4, -0.2) is 23.4 Å². The molecule has 0 aliphatic heterocycles. The molecule has 0 aliphatic carbocycles. The smallest absolute Gasteiger partial charge is 0.261 e. The summed E-state index contributed by atoms with van der Waals surface area (Å²) >= 11 is 0. The minimum Gasteiger partial charge on any atom is -0.494 e. The molecule has 0 spiro atoms. The van der Waals surface area contributed by atoms with Gasteiger partial charge in [-0.1, -0.05) is 30.3 Å². The average Bonchev–Trinajstić information content (AvgIpc) is 2.70. The molecular weight excluding hydrogens is 424 g/mol. The zero-order chi connectivity index (χ0) is 21.6. The fourth-order valence-electron chi connectivity index (χ4n) is 2.71. The molecule has 0 bridgehead atoms. The third-order valence-electron chi connectivity index (χ3n) is 4.06. The van der Waals surface area contributed by atoms with E-state index in [1.165, 1.54) is 24.3 Å². The molecule has 0 unspecified atom stereocenters. The van der Waals surface area contributed by atoms with Gasteiger partial charge in [0.1, 0.15) is 5.75 Å². The molecular formula is C21H22N2O5S2. The zero-order valence-corrected chi connectivity index (χ0v) is 17.9. The molecule has 7 nitrogen and oxygen atoms in total. The molecule has 30 heavy (non-hydrogen) atoms. The van der Waals surface area contributed by atoms with E-state index < -0.39 is 20.0 Å². The summed E-state index contributed by atoms with van der Waals surface area (Å²) in [7, 11) is -7.44. The van der Waals surface area contributed by atoms with Crippen LogP contribution in [-0.2, 0) is 25.8 Å². The van der Waals surface area contributed by atoms with Crippen LogP contribution in [0.5, 0.6) is 5.75 Å². The first-order valence-electron chi connectivity index (χ1n) is 9.17. The van der Waals surface area contributed by atoms with Crippen molar-refractivity contribution < 1.29 is 21.6 Å². The fourth-order valence-corrected chi connectivity index (χ4v) is 4.97. The highest BCUT2D eigenvalue weighted by Gasteiger charge is 2.16. The third-order valence-corrected chi connectivity index (χ3v) is 6.71. The summed E-state index contributed by atoms with van der Waals surface area (Å²) in [6.07, 6.45) is 0. The first kappa shape index (κ1) is 21.7. The Balaban J connectivity index is 1.68. The Morgan fingerprint density at radius 3 is 1.90 bits per heavy atom. The van der Waals surface area contributed by atoms with Gasteiger partial charge in [-0.25, -0.2) is 16.8 Å². The molecule has 0 amide bonds. The van der Waals surface area contributed by atoms with Gasteiger partial charge in [-0.05, 0) is 61.0 Å². The second-order valence-electron chi connectivity index (χ2n) is 6.43. The van der Waals surface area contributed by atoms with E-state index >= 15 is 0 Å². The number of hydrogen-bond acceptors (Lipinski definition) is 5. The molecule has 9 heteroatoms. The lowest BCUT2D eigenvalue weighted by atomic mass is 10.2. The van der Waals surface area contributed by atoms with Crippen molar-refractivity contribution in [2.75, 3.05) is 16.1 Å². The minimum atomic E-state index is -3.82. The van der Waals surface area contributed by atoms with Gasteiger partial charge in [-0.15, -0.1) is 0 Å². The predicted octanol–water partition coefficient (Wildman–Crippen LogP) is 3.83. The zero-order valence-electron chi connectivity index (χ0n) is 16.3. The average molecular weight is 447 g/mol. The molecule has 0 saturated heterocycles. The monoisotopic (exact) mass is 446 g/mol. The van der Waals surface area contributed by atoms with E-state index in [0.717, 1.165) is 0 Å². The lowest BCUT2D eigenvalue weighted by molar-refractivity contribution is 0.340. The Kier molecular flexibility index (Phi) is 6.63. The second-order valence-corrected chi connectivity index (χ2v) is 9.84. The van der Waals surface area contributed by atoms with E-state index in [1.54, 1.807) is 48.5 Å². The van der Waals surface area contributed by atoms with E-state index in [0.29, 0.717) is 23.6 Å². The molecule has 3 aromatic carbocycles. The topological polar surface area (TPSA) is 102 Å². The Bertz CT molecular complexity index is 1180. The standard InChI is InChI=1S/C21H22N2O5S2/c1-2-28-20-12-8-19(9-13-20)23-30(26,27)21-14-10-18(11-15-21)22-29(24,25)16-17-6-4-3-5-7-17/h3-15,22-23H,2,16H2,1H3. The number of sulfonamides is 2. The molecule has 0 saturated carbocycles. The van der Waals surface area contributed by atoms with Gasteiger partial charge in [0.15, 0.2) is 0 Å². The van der Waals surface area contributed by atoms with Crippen LogP contribution < -0.4 is 14.2 Å². The maximum absolute atomic E-state index is 12.6. The Morgan fingerprint density at radius 1 is 0.733 bits per heavy atom. The van der Waals surface area contributed by atoms with E-state index in [1.807, 2.05) is 13.0 Å². The van der Waals surface area contributed by atoms with Crippen LogP contribution in [0.3, 0.4) is 0 Å². The lowest BCUT2D eigenvalue weighted by Gasteiger charge is -2.11. The summed E-state index contributed by atoms with van der Waals surface area (Å²) in [5.41, 5.74) is 1.33. The van der Waals surface area contributed by atoms with Crippen molar-refractivity contribution in [2.24, 2.45) is 0 Å². The lowest BCUT2D eigenvalue weighted by Crippen LogP contribution is -2.16. The molecule has 0 atom stereocenters. The summed E-state index contributed by atoms with van der Waals surface area (Å²) in [4.78, 5) is 0.0161. The highest BCUT2D eigenvalue weighted by molar-refractivity contribution is 7.92. The molecule has 2 N–H and O–H groups in total. The van der Waals surface area contributed by atoms with Crippen LogP contribution in [0.4, 0.5) is 11.4 Å². The number of benzene rings is 3. The Hall–Kier alpha value is -3.04. The van der Waals surface area contributed by atoms with Crippen molar-refractivity contribution in [2.45, 2.75) is 17.6 Å². The minimum absolute atomic E-state index is 0.0161. The number of ether oxygens (including phenoxy) is 1. The van der Waals surface area contributed by atoms with Crippen LogP contribution in [0.2, 0.25) is 0 Å². The van der Waals surface area contributed by atoms with Crippen LogP contribution in [0.1, 0.15) is 12.5 Å². The third kappa shape index (κ3) is 5.98. The van der Waals surface area contributed by atoms with Gasteiger partial charge in [-0.3, -0.25) is 9.44 Å². The predicted molar refractivity (Wildman–Crippen MR) is 118 cm³/mol. The van der Waals surface area contributed by atoms with Crippen molar-refractivity contribution in [3.05, 3.63) is 84.4 Å². The van der Waals surface area contributed by atoms with Crippen LogP contribution in [0.25, 0.3) is 0 Å². The van der Waals surface area contributed by atoms with Gasteiger partial charge in [0.2, 0.25) is 10.0 Å². The van der Waals surface area contributed by atoms with Gasteiger partial charge in [0.25, 0.3) is 10.0 Å². The van der Waals surface area contributed by atoms with Gasteiger partial charge in [0.05, 0.1) is 17.3 Å². The normalized spacial score (nSPS) is 11.6. The van der Waals surface area contributed by atoms with Gasteiger partial charge in [-0.2, -0.15) is 0 Å². The van der Waals surface area contributed by atoms with Crippen LogP contribution in [0.15, 0.2) is 83.8 Å². The van der Waals surface area contributed by atoms with Gasteiger partial charge in [0, 0.05) is 11.4 Å². The first-order chi connectivity index (χ1) is 14.3. The van der Waals surface area contributed by atoms with E-state index in [4.69, 9.17) is 4.74 Å². The van der Waals surface area contributed by atoms with Gasteiger partial charge < -0.3 is 4.74 Å². The SMILES string of the molecule is CCOc1ccc(NS(=O)(=O)c2ccc(NS(=O)(=O)Cc3ccccc3)cc2)cc1. The number of anilines is 2. The van der Waals surface area contributed by atoms with Crippen molar-refractivity contribution in [3.63, 3.8) is 0 Å². The molecule has 0 fully saturated rings. The second kappa shape index (κ2) is 9.19. The fraction of sp³-hybridized carbons (Fsp3) is 0.143. The van der Waals surface area contributed by atoms with Crippen molar-refractivity contribution in [1.29, 1.82) is 0 Å². The van der Waals surface area contributed by atoms with Gasteiger partial charge >= 0.3 is 0 Å². The Morgan fingerprint density at radius 2 is 1.30 bits per heavy atom. The highest BCUT2D eigenvalue weighted by atomic mass is 32.2. The molecule has 0 radical (unpaired) electrons. The summed E-state index contributed by atoms with van der Waals surface area (Å²) in [5.74, 6) is 0.472. The molecule has 3 aromatic rings. The molecule has 158 valence electrons. The van der Waals surface area contributed by atoms with Crippen LogP contribution in [0, 0.1) is 0 Å². The van der Waals surface area contributed by atoms with E-state index in [2.05, 4.69) is 9.44 Å². The molecule has 0 aliphatic rings. The van der Waals surface area contributed by atoms with Crippen molar-refractivity contribution in [3.8, 4) is 5.75 Å². The molecule has 3 rings (SSSR count). The van der Waals surface area contributed by atoms with Crippen molar-refractivity contribution in [1.82, 2.24) is 0 Å². The van der Waals surface area contributed by atoms with E-state index in [-0.39, 0.29) is 16.3 Å². The number of nitrogens with one attached hydrogen (secondary N) is 2. The highest BCUT2D eigenvalue weighted by Crippen LogP contribution is 2.21. The quantitative estimate of drug-likeness (QED) is 0.520. The number of hydrogen-bond donors (Lipinski definition) is 2.